The molecule has 1 saturated carbocycles. The molecular formula is C18H27ClN2O2. The summed E-state index contributed by atoms with van der Waals surface area (Å²) >= 11 is 0. The van der Waals surface area contributed by atoms with Crippen LogP contribution in [0.15, 0.2) is 30.3 Å². The number of hydrogen-bond donors (Lipinski definition) is 1. The van der Waals surface area contributed by atoms with Gasteiger partial charge in [0.25, 0.3) is 0 Å². The summed E-state index contributed by atoms with van der Waals surface area (Å²) in [4.78, 5) is 14.3. The average molecular weight is 339 g/mol. The molecule has 0 unspecified atom stereocenters. The Morgan fingerprint density at radius 2 is 1.70 bits per heavy atom. The summed E-state index contributed by atoms with van der Waals surface area (Å²) in [6.45, 7) is 4.02. The Kier molecular flexibility index (Phi) is 7.18. The summed E-state index contributed by atoms with van der Waals surface area (Å²) in [5.74, 6) is 1.81. The van der Waals surface area contributed by atoms with E-state index in [1.165, 1.54) is 38.8 Å². The van der Waals surface area contributed by atoms with Gasteiger partial charge in [-0.05, 0) is 56.1 Å². The first-order valence-corrected chi connectivity index (χ1v) is 8.51. The molecular weight excluding hydrogens is 312 g/mol. The van der Waals surface area contributed by atoms with Crippen LogP contribution in [0.3, 0.4) is 0 Å². The van der Waals surface area contributed by atoms with Crippen LogP contribution in [0.25, 0.3) is 0 Å². The van der Waals surface area contributed by atoms with Gasteiger partial charge in [0.15, 0.2) is 0 Å². The normalized spacial score (nSPS) is 23.7. The largest absolute Gasteiger partial charge is 0.449 e. The number of para-hydroxylation sites is 1. The Balaban J connectivity index is 0.00000192. The third-order valence-corrected chi connectivity index (χ3v) is 4.87. The molecule has 128 valence electrons. The molecule has 23 heavy (non-hydrogen) atoms. The maximum Gasteiger partial charge on any atom is 0.411 e. The molecule has 0 aromatic heterocycles. The second-order valence-electron chi connectivity index (χ2n) is 6.63. The van der Waals surface area contributed by atoms with Crippen LogP contribution in [0, 0.1) is 11.8 Å². The minimum absolute atomic E-state index is 0. The molecule has 4 rings (SSSR count). The number of benzene rings is 1. The molecule has 3 fully saturated rings. The molecule has 2 aliphatic heterocycles. The highest BCUT2D eigenvalue weighted by atomic mass is 35.5. The van der Waals surface area contributed by atoms with Crippen molar-refractivity contribution in [1.29, 1.82) is 0 Å². The molecule has 2 heterocycles. The molecule has 4 nitrogen and oxygen atoms in total. The van der Waals surface area contributed by atoms with Crippen LogP contribution >= 0.6 is 12.4 Å². The fraction of sp³-hybridized carbons (Fsp3) is 0.611. The van der Waals surface area contributed by atoms with E-state index >= 15 is 0 Å². The maximum absolute atomic E-state index is 11.7. The Bertz CT molecular complexity index is 461. The van der Waals surface area contributed by atoms with Crippen molar-refractivity contribution >= 4 is 24.2 Å². The predicted octanol–water partition coefficient (Wildman–Crippen LogP) is 4.17. The number of carbonyl (C=O) groups excluding carboxylic acids is 1. The SMILES string of the molecule is Cl.O=C(Nc1ccccc1)OCCCN1CC2CCC(CC2)C1. The van der Waals surface area contributed by atoms with Crippen LogP contribution < -0.4 is 5.32 Å². The molecule has 2 saturated heterocycles. The summed E-state index contributed by atoms with van der Waals surface area (Å²) in [5.41, 5.74) is 0.775. The lowest BCUT2D eigenvalue weighted by Crippen LogP contribution is -2.30. The van der Waals surface area contributed by atoms with Crippen LogP contribution in [0.1, 0.15) is 32.1 Å². The van der Waals surface area contributed by atoms with Gasteiger partial charge in [-0.15, -0.1) is 12.4 Å². The third-order valence-electron chi connectivity index (χ3n) is 4.87. The fourth-order valence-electron chi connectivity index (χ4n) is 3.71. The van der Waals surface area contributed by atoms with E-state index in [1.807, 2.05) is 30.3 Å². The minimum atomic E-state index is -0.359. The average Bonchev–Trinajstić information content (AvgIpc) is 2.85. The number of amides is 1. The highest BCUT2D eigenvalue weighted by Gasteiger charge is 2.28. The summed E-state index contributed by atoms with van der Waals surface area (Å²) in [7, 11) is 0. The molecule has 1 aromatic rings. The van der Waals surface area contributed by atoms with Crippen molar-refractivity contribution in [2.75, 3.05) is 31.6 Å². The molecule has 1 N–H and O–H groups in total. The Morgan fingerprint density at radius 3 is 2.30 bits per heavy atom. The van der Waals surface area contributed by atoms with Gasteiger partial charge in [-0.2, -0.15) is 0 Å². The second-order valence-corrected chi connectivity index (χ2v) is 6.63. The number of ether oxygens (including phenoxy) is 1. The molecule has 1 aliphatic carbocycles. The molecule has 1 amide bonds. The van der Waals surface area contributed by atoms with Crippen molar-refractivity contribution in [3.05, 3.63) is 30.3 Å². The van der Waals surface area contributed by atoms with Gasteiger partial charge in [-0.3, -0.25) is 5.32 Å². The zero-order chi connectivity index (χ0) is 15.2. The van der Waals surface area contributed by atoms with E-state index in [-0.39, 0.29) is 18.5 Å². The summed E-state index contributed by atoms with van der Waals surface area (Å²) in [6, 6.07) is 9.42. The van der Waals surface area contributed by atoms with Gasteiger partial charge in [0.1, 0.15) is 0 Å². The monoisotopic (exact) mass is 338 g/mol. The number of anilines is 1. The van der Waals surface area contributed by atoms with Crippen LogP contribution in [0.2, 0.25) is 0 Å². The van der Waals surface area contributed by atoms with Gasteiger partial charge in [0.2, 0.25) is 0 Å². The molecule has 3 aliphatic rings. The molecule has 0 atom stereocenters. The Morgan fingerprint density at radius 1 is 1.09 bits per heavy atom. The van der Waals surface area contributed by atoms with E-state index in [0.717, 1.165) is 30.5 Å². The van der Waals surface area contributed by atoms with E-state index in [9.17, 15) is 4.79 Å². The number of rotatable bonds is 5. The smallest absolute Gasteiger partial charge is 0.411 e. The predicted molar refractivity (Wildman–Crippen MR) is 95.2 cm³/mol. The lowest BCUT2D eigenvalue weighted by atomic mass is 9.84. The first-order valence-electron chi connectivity index (χ1n) is 8.51. The summed E-state index contributed by atoms with van der Waals surface area (Å²) in [6.07, 6.45) is 6.21. The number of carbonyl (C=O) groups is 1. The van der Waals surface area contributed by atoms with Crippen LogP contribution in [-0.4, -0.2) is 37.2 Å². The lowest BCUT2D eigenvalue weighted by Gasteiger charge is -2.21. The number of nitrogens with zero attached hydrogens (tertiary/aromatic N) is 1. The van der Waals surface area contributed by atoms with Gasteiger partial charge in [-0.25, -0.2) is 4.79 Å². The zero-order valence-corrected chi connectivity index (χ0v) is 14.4. The van der Waals surface area contributed by atoms with Crippen molar-refractivity contribution < 1.29 is 9.53 Å². The van der Waals surface area contributed by atoms with E-state index in [0.29, 0.717) is 6.61 Å². The van der Waals surface area contributed by atoms with E-state index in [1.54, 1.807) is 0 Å². The minimum Gasteiger partial charge on any atom is -0.449 e. The molecule has 2 bridgehead atoms. The first kappa shape index (κ1) is 18.1. The van der Waals surface area contributed by atoms with E-state index in [4.69, 9.17) is 4.74 Å². The van der Waals surface area contributed by atoms with Crippen molar-refractivity contribution in [1.82, 2.24) is 4.90 Å². The van der Waals surface area contributed by atoms with E-state index in [2.05, 4.69) is 10.2 Å². The number of halogens is 1. The van der Waals surface area contributed by atoms with Crippen LogP contribution in [0.4, 0.5) is 10.5 Å². The lowest BCUT2D eigenvalue weighted by molar-refractivity contribution is 0.150. The van der Waals surface area contributed by atoms with Crippen molar-refractivity contribution in [2.45, 2.75) is 32.1 Å². The molecule has 1 aromatic carbocycles. The number of nitrogens with one attached hydrogen (secondary N) is 1. The number of fused-ring (bicyclic) bond motifs is 4. The topological polar surface area (TPSA) is 41.6 Å². The molecule has 5 heteroatoms. The van der Waals surface area contributed by atoms with Crippen molar-refractivity contribution in [3.8, 4) is 0 Å². The quantitative estimate of drug-likeness (QED) is 0.819. The van der Waals surface area contributed by atoms with Crippen molar-refractivity contribution in [2.24, 2.45) is 11.8 Å². The van der Waals surface area contributed by atoms with Gasteiger partial charge in [-0.1, -0.05) is 18.2 Å². The third kappa shape index (κ3) is 5.70. The van der Waals surface area contributed by atoms with E-state index < -0.39 is 0 Å². The molecule has 0 radical (unpaired) electrons. The van der Waals surface area contributed by atoms with Crippen molar-refractivity contribution in [3.63, 3.8) is 0 Å². The Hall–Kier alpha value is -1.26. The highest BCUT2D eigenvalue weighted by Crippen LogP contribution is 2.33. The van der Waals surface area contributed by atoms with Crippen LogP contribution in [0.5, 0.6) is 0 Å². The zero-order valence-electron chi connectivity index (χ0n) is 13.6. The standard InChI is InChI=1S/C18H26N2O2.ClH/c21-18(19-17-5-2-1-3-6-17)22-12-4-11-20-13-15-7-8-16(14-20)10-9-15;/h1-3,5-6,15-16H,4,7-14H2,(H,19,21);1H. The summed E-state index contributed by atoms with van der Waals surface area (Å²) < 4.78 is 5.26. The Labute approximate surface area is 145 Å². The highest BCUT2D eigenvalue weighted by molar-refractivity contribution is 5.85. The maximum atomic E-state index is 11.7. The fourth-order valence-corrected chi connectivity index (χ4v) is 3.71. The number of hydrogen-bond acceptors (Lipinski definition) is 3. The van der Waals surface area contributed by atoms with Gasteiger partial charge < -0.3 is 9.64 Å². The van der Waals surface area contributed by atoms with Crippen LogP contribution in [-0.2, 0) is 4.74 Å². The van der Waals surface area contributed by atoms with Gasteiger partial charge in [0.05, 0.1) is 6.61 Å². The summed E-state index contributed by atoms with van der Waals surface area (Å²) in [5, 5.41) is 2.74. The second kappa shape index (κ2) is 9.14. The van der Waals surface area contributed by atoms with Gasteiger partial charge in [0, 0.05) is 25.3 Å². The van der Waals surface area contributed by atoms with Gasteiger partial charge >= 0.3 is 6.09 Å². The first-order chi connectivity index (χ1) is 10.8. The molecule has 0 spiro atoms.